The Bertz CT molecular complexity index is 593. The predicted octanol–water partition coefficient (Wildman–Crippen LogP) is 4.73. The van der Waals surface area contributed by atoms with Gasteiger partial charge in [-0.15, -0.1) is 0 Å². The first-order chi connectivity index (χ1) is 11.5. The van der Waals surface area contributed by atoms with Gasteiger partial charge < -0.3 is 10.2 Å². The number of alkyl halides is 3. The van der Waals surface area contributed by atoms with Gasteiger partial charge in [0.1, 0.15) is 0 Å². The molecular weight excluding hydrogens is 313 g/mol. The molecule has 1 aromatic carbocycles. The van der Waals surface area contributed by atoms with E-state index in [0.29, 0.717) is 11.8 Å². The van der Waals surface area contributed by atoms with Crippen LogP contribution in [-0.4, -0.2) is 31.1 Å². The van der Waals surface area contributed by atoms with Crippen molar-refractivity contribution < 1.29 is 13.2 Å². The first-order valence-electron chi connectivity index (χ1n) is 9.18. The zero-order chi connectivity index (χ0) is 16.7. The topological polar surface area (TPSA) is 15.3 Å². The molecule has 0 amide bonds. The fraction of sp³-hybridized carbons (Fsp3) is 0.684. The van der Waals surface area contributed by atoms with Gasteiger partial charge in [0.2, 0.25) is 0 Å². The fourth-order valence-corrected chi connectivity index (χ4v) is 4.89. The minimum atomic E-state index is -4.26. The van der Waals surface area contributed by atoms with E-state index in [1.165, 1.54) is 44.5 Å². The molecule has 1 aromatic rings. The molecule has 1 N–H and O–H groups in total. The summed E-state index contributed by atoms with van der Waals surface area (Å²) in [6.45, 7) is 4.42. The summed E-state index contributed by atoms with van der Waals surface area (Å²) in [6, 6.07) is 4.23. The molecule has 4 rings (SSSR count). The van der Waals surface area contributed by atoms with Gasteiger partial charge in [0, 0.05) is 18.8 Å². The highest BCUT2D eigenvalue weighted by molar-refractivity contribution is 5.57. The molecule has 24 heavy (non-hydrogen) atoms. The van der Waals surface area contributed by atoms with Crippen LogP contribution in [0.4, 0.5) is 18.9 Å². The second-order valence-electron chi connectivity index (χ2n) is 7.73. The van der Waals surface area contributed by atoms with Gasteiger partial charge >= 0.3 is 6.18 Å². The number of anilines is 1. The normalized spacial score (nSPS) is 30.5. The van der Waals surface area contributed by atoms with Gasteiger partial charge in [-0.05, 0) is 86.7 Å². The summed E-state index contributed by atoms with van der Waals surface area (Å²) in [6.07, 6.45) is 1.71. The number of rotatable bonds is 2. The molecule has 0 spiro atoms. The van der Waals surface area contributed by atoms with Crippen LogP contribution < -0.4 is 5.32 Å². The van der Waals surface area contributed by atoms with Gasteiger partial charge in [0.25, 0.3) is 0 Å². The van der Waals surface area contributed by atoms with Crippen molar-refractivity contribution in [3.63, 3.8) is 0 Å². The minimum absolute atomic E-state index is 0.282. The lowest BCUT2D eigenvalue weighted by molar-refractivity contribution is -0.137. The van der Waals surface area contributed by atoms with Crippen molar-refractivity contribution in [2.24, 2.45) is 11.8 Å². The first kappa shape index (κ1) is 16.2. The van der Waals surface area contributed by atoms with Crippen molar-refractivity contribution in [3.05, 3.63) is 29.3 Å². The summed E-state index contributed by atoms with van der Waals surface area (Å²) >= 11 is 0. The van der Waals surface area contributed by atoms with Crippen LogP contribution in [0, 0.1) is 11.8 Å². The number of hydrogen-bond donors (Lipinski definition) is 1. The zero-order valence-corrected chi connectivity index (χ0v) is 13.9. The molecule has 0 aromatic heterocycles. The van der Waals surface area contributed by atoms with E-state index in [4.69, 9.17) is 0 Å². The summed E-state index contributed by atoms with van der Waals surface area (Å²) in [5, 5.41) is 3.35. The SMILES string of the molecule is FC(F)(F)c1ccc2c(c1)C1CC(CN3CCCC3)CCC1CN2. The molecule has 1 saturated heterocycles. The summed E-state index contributed by atoms with van der Waals surface area (Å²) in [5.74, 6) is 1.39. The molecule has 2 fully saturated rings. The van der Waals surface area contributed by atoms with Crippen molar-refractivity contribution in [1.29, 1.82) is 0 Å². The Morgan fingerprint density at radius 2 is 1.92 bits per heavy atom. The van der Waals surface area contributed by atoms with Gasteiger partial charge in [-0.1, -0.05) is 0 Å². The first-order valence-corrected chi connectivity index (χ1v) is 9.18. The molecule has 1 saturated carbocycles. The molecule has 2 nitrogen and oxygen atoms in total. The Balaban J connectivity index is 1.55. The molecule has 3 aliphatic rings. The smallest absolute Gasteiger partial charge is 0.385 e. The monoisotopic (exact) mass is 338 g/mol. The molecule has 3 unspecified atom stereocenters. The number of fused-ring (bicyclic) bond motifs is 3. The molecule has 2 heterocycles. The molecule has 1 aliphatic carbocycles. The second-order valence-corrected chi connectivity index (χ2v) is 7.73. The number of halogens is 3. The number of benzene rings is 1. The predicted molar refractivity (Wildman–Crippen MR) is 89.2 cm³/mol. The minimum Gasteiger partial charge on any atom is -0.385 e. The average Bonchev–Trinajstić information content (AvgIpc) is 3.06. The van der Waals surface area contributed by atoms with Crippen molar-refractivity contribution >= 4 is 5.69 Å². The summed E-state index contributed by atoms with van der Waals surface area (Å²) in [7, 11) is 0. The summed E-state index contributed by atoms with van der Waals surface area (Å²) < 4.78 is 39.3. The largest absolute Gasteiger partial charge is 0.416 e. The number of likely N-dealkylation sites (tertiary alicyclic amines) is 1. The zero-order valence-electron chi connectivity index (χ0n) is 13.9. The summed E-state index contributed by atoms with van der Waals surface area (Å²) in [4.78, 5) is 2.54. The van der Waals surface area contributed by atoms with Gasteiger partial charge in [0.05, 0.1) is 5.56 Å². The number of nitrogens with zero attached hydrogens (tertiary/aromatic N) is 1. The maximum absolute atomic E-state index is 13.1. The molecule has 5 heteroatoms. The van der Waals surface area contributed by atoms with E-state index in [2.05, 4.69) is 10.2 Å². The Hall–Kier alpha value is -1.23. The van der Waals surface area contributed by atoms with Crippen LogP contribution in [0.25, 0.3) is 0 Å². The van der Waals surface area contributed by atoms with Crippen LogP contribution in [0.1, 0.15) is 49.1 Å². The van der Waals surface area contributed by atoms with Crippen LogP contribution in [0.2, 0.25) is 0 Å². The van der Waals surface area contributed by atoms with Gasteiger partial charge in [0.15, 0.2) is 0 Å². The van der Waals surface area contributed by atoms with Gasteiger partial charge in [-0.3, -0.25) is 0 Å². The number of hydrogen-bond acceptors (Lipinski definition) is 2. The van der Waals surface area contributed by atoms with E-state index >= 15 is 0 Å². The maximum atomic E-state index is 13.1. The average molecular weight is 338 g/mol. The molecule has 0 bridgehead atoms. The highest BCUT2D eigenvalue weighted by Crippen LogP contribution is 2.47. The van der Waals surface area contributed by atoms with E-state index < -0.39 is 11.7 Å². The van der Waals surface area contributed by atoms with Crippen LogP contribution in [-0.2, 0) is 6.18 Å². The van der Waals surface area contributed by atoms with Crippen molar-refractivity contribution in [1.82, 2.24) is 4.90 Å². The Morgan fingerprint density at radius 3 is 2.67 bits per heavy atom. The Kier molecular flexibility index (Phi) is 4.23. The van der Waals surface area contributed by atoms with E-state index in [1.807, 2.05) is 0 Å². The van der Waals surface area contributed by atoms with Crippen LogP contribution >= 0.6 is 0 Å². The van der Waals surface area contributed by atoms with E-state index in [1.54, 1.807) is 6.07 Å². The molecule has 0 radical (unpaired) electrons. The molecule has 2 aliphatic heterocycles. The third-order valence-electron chi connectivity index (χ3n) is 6.15. The lowest BCUT2D eigenvalue weighted by Gasteiger charge is -2.42. The third kappa shape index (κ3) is 3.15. The quantitative estimate of drug-likeness (QED) is 0.839. The number of nitrogens with one attached hydrogen (secondary N) is 1. The van der Waals surface area contributed by atoms with Gasteiger partial charge in [-0.25, -0.2) is 0 Å². The standard InChI is InChI=1S/C19H25F3N2/c20-19(21,22)15-5-6-18-17(10-15)16-9-13(3-4-14(16)11-23-18)12-24-7-1-2-8-24/h5-6,10,13-14,16,23H,1-4,7-9,11-12H2. The van der Waals surface area contributed by atoms with Crippen molar-refractivity contribution in [2.75, 3.05) is 31.5 Å². The highest BCUT2D eigenvalue weighted by Gasteiger charge is 2.38. The molecule has 132 valence electrons. The maximum Gasteiger partial charge on any atom is 0.416 e. The van der Waals surface area contributed by atoms with Crippen LogP contribution in [0.5, 0.6) is 0 Å². The van der Waals surface area contributed by atoms with E-state index in [9.17, 15) is 13.2 Å². The van der Waals surface area contributed by atoms with Gasteiger partial charge in [-0.2, -0.15) is 13.2 Å². The van der Waals surface area contributed by atoms with E-state index in [-0.39, 0.29) is 5.92 Å². The third-order valence-corrected chi connectivity index (χ3v) is 6.15. The van der Waals surface area contributed by atoms with Crippen LogP contribution in [0.3, 0.4) is 0 Å². The van der Waals surface area contributed by atoms with Crippen molar-refractivity contribution in [2.45, 2.75) is 44.2 Å². The van der Waals surface area contributed by atoms with Crippen molar-refractivity contribution in [3.8, 4) is 0 Å². The lowest BCUT2D eigenvalue weighted by atomic mass is 9.69. The molecule has 3 atom stereocenters. The molecular formula is C19H25F3N2. The fourth-order valence-electron chi connectivity index (χ4n) is 4.89. The Morgan fingerprint density at radius 1 is 1.12 bits per heavy atom. The second kappa shape index (κ2) is 6.25. The lowest BCUT2D eigenvalue weighted by Crippen LogP contribution is -2.37. The van der Waals surface area contributed by atoms with E-state index in [0.717, 1.165) is 37.2 Å². The Labute approximate surface area is 141 Å². The highest BCUT2D eigenvalue weighted by atomic mass is 19.4. The summed E-state index contributed by atoms with van der Waals surface area (Å²) in [5.41, 5.74) is 1.30. The van der Waals surface area contributed by atoms with Crippen LogP contribution in [0.15, 0.2) is 18.2 Å².